The molecule has 0 saturated heterocycles. The monoisotopic (exact) mass is 415 g/mol. The zero-order valence-electron chi connectivity index (χ0n) is 14.3. The van der Waals surface area contributed by atoms with Crippen LogP contribution in [0.1, 0.15) is 24.1 Å². The van der Waals surface area contributed by atoms with E-state index >= 15 is 0 Å². The molecule has 1 aromatic carbocycles. The van der Waals surface area contributed by atoms with E-state index in [-0.39, 0.29) is 0 Å². The van der Waals surface area contributed by atoms with Gasteiger partial charge in [0.2, 0.25) is 0 Å². The van der Waals surface area contributed by atoms with Crippen molar-refractivity contribution in [3.8, 4) is 0 Å². The summed E-state index contributed by atoms with van der Waals surface area (Å²) in [4.78, 5) is 16.0. The Kier molecular flexibility index (Phi) is 5.27. The van der Waals surface area contributed by atoms with Gasteiger partial charge in [-0.25, -0.2) is 4.79 Å². The molecule has 1 unspecified atom stereocenters. The molecule has 2 aromatic rings. The van der Waals surface area contributed by atoms with Gasteiger partial charge in [0.05, 0.1) is 29.2 Å². The lowest BCUT2D eigenvalue weighted by atomic mass is 10.00. The predicted molar refractivity (Wildman–Crippen MR) is 103 cm³/mol. The Morgan fingerprint density at radius 1 is 1.31 bits per heavy atom. The zero-order valence-corrected chi connectivity index (χ0v) is 15.9. The number of halogens is 1. The molecule has 134 valence electrons. The number of aromatic nitrogens is 1. The number of hydrogen-bond acceptors (Lipinski definition) is 5. The van der Waals surface area contributed by atoms with Crippen LogP contribution in [0.5, 0.6) is 0 Å². The van der Waals surface area contributed by atoms with Crippen molar-refractivity contribution in [2.24, 2.45) is 0 Å². The van der Waals surface area contributed by atoms with Crippen LogP contribution >= 0.6 is 15.9 Å². The van der Waals surface area contributed by atoms with Gasteiger partial charge in [0.25, 0.3) is 0 Å². The number of ether oxygens (including phenoxy) is 1. The van der Waals surface area contributed by atoms with E-state index in [0.717, 1.165) is 16.9 Å². The highest BCUT2D eigenvalue weighted by atomic mass is 79.9. The number of carboxylic acid groups (broad SMARTS) is 1. The number of benzene rings is 1. The molecule has 1 atom stereocenters. The minimum atomic E-state index is -0.971. The molecule has 7 heteroatoms. The van der Waals surface area contributed by atoms with Gasteiger partial charge in [-0.05, 0) is 40.5 Å². The van der Waals surface area contributed by atoms with Gasteiger partial charge in [-0.15, -0.1) is 0 Å². The first kappa shape index (κ1) is 18.0. The number of fused-ring (bicyclic) bond motifs is 1. The number of nitrogens with one attached hydrogen (secondary N) is 2. The second kappa shape index (κ2) is 7.61. The first-order valence-corrected chi connectivity index (χ1v) is 8.73. The number of nitrogens with zero attached hydrogens (tertiary/aromatic N) is 1. The van der Waals surface area contributed by atoms with E-state index < -0.39 is 12.0 Å². The number of hydrogen-bond donors (Lipinski definition) is 3. The Morgan fingerprint density at radius 2 is 2.08 bits per heavy atom. The molecule has 6 nitrogen and oxygen atoms in total. The summed E-state index contributed by atoms with van der Waals surface area (Å²) in [5, 5.41) is 16.1. The fraction of sp³-hybridized carbons (Fsp3) is 0.158. The molecule has 26 heavy (non-hydrogen) atoms. The number of pyridine rings is 1. The number of carboxylic acids is 1. The van der Waals surface area contributed by atoms with Crippen LogP contribution in [0.25, 0.3) is 5.76 Å². The molecule has 0 spiro atoms. The lowest BCUT2D eigenvalue weighted by Crippen LogP contribution is -2.29. The third kappa shape index (κ3) is 3.43. The normalized spacial score (nSPS) is 18.3. The average Bonchev–Trinajstić information content (AvgIpc) is 2.76. The maximum absolute atomic E-state index is 11.9. The van der Waals surface area contributed by atoms with Gasteiger partial charge in [0.1, 0.15) is 5.76 Å². The molecular formula is C19H18BrN3O3. The summed E-state index contributed by atoms with van der Waals surface area (Å²) < 4.78 is 6.24. The van der Waals surface area contributed by atoms with Crippen molar-refractivity contribution >= 4 is 33.3 Å². The highest BCUT2D eigenvalue weighted by Gasteiger charge is 2.31. The largest absolute Gasteiger partial charge is 0.495 e. The molecule has 1 aliphatic heterocycles. The minimum Gasteiger partial charge on any atom is -0.495 e. The number of rotatable bonds is 4. The Balaban J connectivity index is 2.14. The molecule has 0 radical (unpaired) electrons. The third-order valence-corrected chi connectivity index (χ3v) is 4.80. The molecule has 0 bridgehead atoms. The molecule has 3 rings (SSSR count). The van der Waals surface area contributed by atoms with Crippen LogP contribution in [0.3, 0.4) is 0 Å². The summed E-state index contributed by atoms with van der Waals surface area (Å²) >= 11 is 3.58. The maximum Gasteiger partial charge on any atom is 0.330 e. The summed E-state index contributed by atoms with van der Waals surface area (Å²) in [6, 6.07) is 10.1. The van der Waals surface area contributed by atoms with Gasteiger partial charge in [0, 0.05) is 17.5 Å². The topological polar surface area (TPSA) is 83.5 Å². The maximum atomic E-state index is 11.9. The van der Waals surface area contributed by atoms with Crippen molar-refractivity contribution in [1.29, 1.82) is 0 Å². The lowest BCUT2D eigenvalue weighted by Gasteiger charge is -2.19. The Morgan fingerprint density at radius 3 is 2.73 bits per heavy atom. The van der Waals surface area contributed by atoms with Gasteiger partial charge in [0.15, 0.2) is 6.04 Å². The second-order valence-corrected chi connectivity index (χ2v) is 6.51. The van der Waals surface area contributed by atoms with Gasteiger partial charge in [-0.2, -0.15) is 0 Å². The van der Waals surface area contributed by atoms with Crippen LogP contribution in [0.2, 0.25) is 0 Å². The molecule has 0 aliphatic carbocycles. The number of aliphatic carboxylic acids is 1. The van der Waals surface area contributed by atoms with Crippen molar-refractivity contribution in [2.75, 3.05) is 12.4 Å². The molecule has 0 fully saturated rings. The predicted octanol–water partition coefficient (Wildman–Crippen LogP) is 3.86. The van der Waals surface area contributed by atoms with Crippen LogP contribution in [-0.2, 0) is 9.53 Å². The van der Waals surface area contributed by atoms with Gasteiger partial charge >= 0.3 is 5.97 Å². The van der Waals surface area contributed by atoms with Crippen LogP contribution in [0.15, 0.2) is 64.7 Å². The van der Waals surface area contributed by atoms with E-state index in [4.69, 9.17) is 4.74 Å². The quantitative estimate of drug-likeness (QED) is 0.702. The summed E-state index contributed by atoms with van der Waals surface area (Å²) in [7, 11) is 1.57. The Labute approximate surface area is 159 Å². The van der Waals surface area contributed by atoms with Crippen LogP contribution in [0, 0.1) is 0 Å². The van der Waals surface area contributed by atoms with Crippen LogP contribution in [-0.4, -0.2) is 23.2 Å². The molecule has 2 heterocycles. The molecular weight excluding hydrogens is 398 g/mol. The molecule has 3 N–H and O–H groups in total. The van der Waals surface area contributed by atoms with Crippen LogP contribution < -0.4 is 10.6 Å². The SMILES string of the molecule is COC1=C(Br)/C(=C(\C)Nc2cccnc2)NC(C(=O)O)c2ccccc21. The lowest BCUT2D eigenvalue weighted by molar-refractivity contribution is -0.139. The molecule has 0 saturated carbocycles. The van der Waals surface area contributed by atoms with Crippen molar-refractivity contribution in [1.82, 2.24) is 10.3 Å². The second-order valence-electron chi connectivity index (χ2n) is 5.72. The van der Waals surface area contributed by atoms with Crippen LogP contribution in [0.4, 0.5) is 5.69 Å². The van der Waals surface area contributed by atoms with E-state index in [1.807, 2.05) is 37.3 Å². The Hall–Kier alpha value is -2.80. The van der Waals surface area contributed by atoms with Crippen molar-refractivity contribution in [3.05, 3.63) is 75.8 Å². The van der Waals surface area contributed by atoms with Crippen molar-refractivity contribution in [2.45, 2.75) is 13.0 Å². The third-order valence-electron chi connectivity index (χ3n) is 4.04. The van der Waals surface area contributed by atoms with Crippen molar-refractivity contribution < 1.29 is 14.6 Å². The number of carbonyl (C=O) groups is 1. The van der Waals surface area contributed by atoms with E-state index in [9.17, 15) is 9.90 Å². The summed E-state index contributed by atoms with van der Waals surface area (Å²) in [6.45, 7) is 1.86. The van der Waals surface area contributed by atoms with E-state index in [0.29, 0.717) is 21.5 Å². The van der Waals surface area contributed by atoms with Gasteiger partial charge < -0.3 is 20.5 Å². The Bertz CT molecular complexity index is 894. The van der Waals surface area contributed by atoms with Gasteiger partial charge in [-0.1, -0.05) is 24.3 Å². The number of methoxy groups -OCH3 is 1. The first-order valence-electron chi connectivity index (χ1n) is 7.93. The summed E-state index contributed by atoms with van der Waals surface area (Å²) in [6.07, 6.45) is 3.38. The van der Waals surface area contributed by atoms with Crippen molar-refractivity contribution in [3.63, 3.8) is 0 Å². The molecule has 1 aliphatic rings. The highest BCUT2D eigenvalue weighted by molar-refractivity contribution is 9.12. The van der Waals surface area contributed by atoms with E-state index in [1.165, 1.54) is 0 Å². The standard InChI is InChI=1S/C19H18BrN3O3/c1-11(22-12-6-5-9-21-10-12)16-15(20)18(26-2)14-8-4-3-7-13(14)17(23-16)19(24)25/h3-10,17,22-23H,1-2H3,(H,24,25)/b16-11-. The zero-order chi connectivity index (χ0) is 18.7. The number of anilines is 1. The number of allylic oxidation sites excluding steroid dienone is 2. The summed E-state index contributed by atoms with van der Waals surface area (Å²) in [5.41, 5.74) is 3.50. The smallest absolute Gasteiger partial charge is 0.330 e. The fourth-order valence-electron chi connectivity index (χ4n) is 2.86. The fourth-order valence-corrected chi connectivity index (χ4v) is 3.64. The van der Waals surface area contributed by atoms with Gasteiger partial charge in [-0.3, -0.25) is 4.98 Å². The van der Waals surface area contributed by atoms with E-state index in [1.54, 1.807) is 25.6 Å². The minimum absolute atomic E-state index is 0.569. The average molecular weight is 416 g/mol. The summed E-state index contributed by atoms with van der Waals surface area (Å²) in [5.74, 6) is -0.402. The first-order chi connectivity index (χ1) is 12.5. The highest BCUT2D eigenvalue weighted by Crippen LogP contribution is 2.38. The van der Waals surface area contributed by atoms with E-state index in [2.05, 4.69) is 31.5 Å². The molecule has 0 amide bonds. The molecule has 1 aromatic heterocycles.